The summed E-state index contributed by atoms with van der Waals surface area (Å²) in [5.74, 6) is 0.0146. The van der Waals surface area contributed by atoms with E-state index in [1.807, 2.05) is 13.2 Å². The monoisotopic (exact) mass is 253 g/mol. The molecule has 0 radical (unpaired) electrons. The van der Waals surface area contributed by atoms with Gasteiger partial charge in [-0.1, -0.05) is 12.1 Å². The minimum atomic E-state index is 0.0146. The molecular formula is C13H19NO2S. The summed E-state index contributed by atoms with van der Waals surface area (Å²) in [5, 5.41) is 0. The Bertz CT molecular complexity index is 351. The Morgan fingerprint density at radius 1 is 1.35 bits per heavy atom. The number of rotatable bonds is 6. The number of carbonyl (C=O) groups excluding carboxylic acids is 1. The molecule has 1 rings (SSSR count). The standard InChI is InChI=1S/C13H19NO2S/c1-4-16-10-13(15)14(2)9-11-5-7-12(17-3)8-6-11/h5-8H,4,9-10H2,1-3H3. The van der Waals surface area contributed by atoms with E-state index in [4.69, 9.17) is 4.74 Å². The lowest BCUT2D eigenvalue weighted by Crippen LogP contribution is -2.29. The quantitative estimate of drug-likeness (QED) is 0.729. The van der Waals surface area contributed by atoms with Crippen LogP contribution in [0.15, 0.2) is 29.2 Å². The number of likely N-dealkylation sites (N-methyl/N-ethyl adjacent to an activating group) is 1. The van der Waals surface area contributed by atoms with E-state index in [0.29, 0.717) is 13.2 Å². The molecule has 1 aromatic rings. The molecule has 0 aliphatic carbocycles. The molecule has 0 aromatic heterocycles. The molecule has 0 bridgehead atoms. The van der Waals surface area contributed by atoms with E-state index in [0.717, 1.165) is 5.56 Å². The van der Waals surface area contributed by atoms with Gasteiger partial charge in [0.15, 0.2) is 0 Å². The highest BCUT2D eigenvalue weighted by molar-refractivity contribution is 7.98. The summed E-state index contributed by atoms with van der Waals surface area (Å²) in [6.45, 7) is 3.24. The fourth-order valence-electron chi connectivity index (χ4n) is 1.39. The lowest BCUT2D eigenvalue weighted by atomic mass is 10.2. The van der Waals surface area contributed by atoms with Crippen molar-refractivity contribution in [1.29, 1.82) is 0 Å². The van der Waals surface area contributed by atoms with Crippen LogP contribution in [-0.2, 0) is 16.1 Å². The fraction of sp³-hybridized carbons (Fsp3) is 0.462. The Morgan fingerprint density at radius 3 is 2.53 bits per heavy atom. The van der Waals surface area contributed by atoms with E-state index in [1.54, 1.807) is 23.7 Å². The third-order valence-electron chi connectivity index (χ3n) is 2.43. The van der Waals surface area contributed by atoms with Gasteiger partial charge in [0.2, 0.25) is 5.91 Å². The van der Waals surface area contributed by atoms with Gasteiger partial charge in [-0.05, 0) is 30.9 Å². The second kappa shape index (κ2) is 7.35. The van der Waals surface area contributed by atoms with E-state index in [1.165, 1.54) is 4.90 Å². The predicted molar refractivity (Wildman–Crippen MR) is 71.2 cm³/mol. The summed E-state index contributed by atoms with van der Waals surface area (Å²) < 4.78 is 5.10. The van der Waals surface area contributed by atoms with Crippen molar-refractivity contribution in [2.24, 2.45) is 0 Å². The summed E-state index contributed by atoms with van der Waals surface area (Å²) in [6, 6.07) is 8.24. The van der Waals surface area contributed by atoms with Gasteiger partial charge in [-0.15, -0.1) is 11.8 Å². The average Bonchev–Trinajstić information content (AvgIpc) is 2.36. The molecule has 0 aliphatic heterocycles. The third-order valence-corrected chi connectivity index (χ3v) is 3.18. The molecule has 0 N–H and O–H groups in total. The van der Waals surface area contributed by atoms with Crippen LogP contribution in [-0.4, -0.2) is 37.3 Å². The molecule has 1 amide bonds. The lowest BCUT2D eigenvalue weighted by molar-refractivity contribution is -0.135. The zero-order valence-corrected chi connectivity index (χ0v) is 11.4. The van der Waals surface area contributed by atoms with Crippen LogP contribution >= 0.6 is 11.8 Å². The van der Waals surface area contributed by atoms with Gasteiger partial charge in [0, 0.05) is 25.1 Å². The first kappa shape index (κ1) is 14.1. The predicted octanol–water partition coefficient (Wildman–Crippen LogP) is 2.40. The van der Waals surface area contributed by atoms with Crippen LogP contribution in [0.2, 0.25) is 0 Å². The molecule has 0 atom stereocenters. The Kier molecular flexibility index (Phi) is 6.08. The molecule has 0 fully saturated rings. The van der Waals surface area contributed by atoms with Crippen LogP contribution in [0.4, 0.5) is 0 Å². The minimum absolute atomic E-state index is 0.0146. The maximum Gasteiger partial charge on any atom is 0.248 e. The number of ether oxygens (including phenoxy) is 1. The number of carbonyl (C=O) groups is 1. The van der Waals surface area contributed by atoms with Gasteiger partial charge in [0.25, 0.3) is 0 Å². The molecule has 1 aromatic carbocycles. The third kappa shape index (κ3) is 4.79. The Morgan fingerprint density at radius 2 is 2.00 bits per heavy atom. The maximum absolute atomic E-state index is 11.6. The highest BCUT2D eigenvalue weighted by Crippen LogP contribution is 2.15. The zero-order chi connectivity index (χ0) is 12.7. The number of amides is 1. The summed E-state index contributed by atoms with van der Waals surface area (Å²) in [5.41, 5.74) is 1.13. The van der Waals surface area contributed by atoms with Crippen LogP contribution in [0.5, 0.6) is 0 Å². The Balaban J connectivity index is 2.49. The number of hydrogen-bond acceptors (Lipinski definition) is 3. The van der Waals surface area contributed by atoms with Crippen LogP contribution in [0.3, 0.4) is 0 Å². The molecule has 3 nitrogen and oxygen atoms in total. The van der Waals surface area contributed by atoms with Gasteiger partial charge in [-0.2, -0.15) is 0 Å². The Hall–Kier alpha value is -1.00. The second-order valence-corrected chi connectivity index (χ2v) is 4.61. The fourth-order valence-corrected chi connectivity index (χ4v) is 1.80. The molecule has 94 valence electrons. The van der Waals surface area contributed by atoms with E-state index in [2.05, 4.69) is 24.3 Å². The SMILES string of the molecule is CCOCC(=O)N(C)Cc1ccc(SC)cc1. The van der Waals surface area contributed by atoms with Gasteiger partial charge >= 0.3 is 0 Å². The van der Waals surface area contributed by atoms with E-state index in [9.17, 15) is 4.79 Å². The van der Waals surface area contributed by atoms with Crippen LogP contribution in [0.25, 0.3) is 0 Å². The van der Waals surface area contributed by atoms with Crippen LogP contribution in [0.1, 0.15) is 12.5 Å². The number of nitrogens with zero attached hydrogens (tertiary/aromatic N) is 1. The first-order chi connectivity index (χ1) is 8.17. The molecule has 0 spiro atoms. The van der Waals surface area contributed by atoms with Gasteiger partial charge in [0.1, 0.15) is 6.61 Å². The lowest BCUT2D eigenvalue weighted by Gasteiger charge is -2.17. The minimum Gasteiger partial charge on any atom is -0.372 e. The Labute approximate surface area is 107 Å². The second-order valence-electron chi connectivity index (χ2n) is 3.74. The smallest absolute Gasteiger partial charge is 0.248 e. The number of benzene rings is 1. The molecule has 0 saturated heterocycles. The molecular weight excluding hydrogens is 234 g/mol. The van der Waals surface area contributed by atoms with Crippen molar-refractivity contribution in [3.63, 3.8) is 0 Å². The summed E-state index contributed by atoms with van der Waals surface area (Å²) in [7, 11) is 1.80. The van der Waals surface area contributed by atoms with E-state index in [-0.39, 0.29) is 12.5 Å². The van der Waals surface area contributed by atoms with Gasteiger partial charge < -0.3 is 9.64 Å². The van der Waals surface area contributed by atoms with Gasteiger partial charge in [-0.25, -0.2) is 0 Å². The van der Waals surface area contributed by atoms with Crippen molar-refractivity contribution in [2.45, 2.75) is 18.4 Å². The number of thioether (sulfide) groups is 1. The first-order valence-electron chi connectivity index (χ1n) is 5.62. The van der Waals surface area contributed by atoms with E-state index < -0.39 is 0 Å². The van der Waals surface area contributed by atoms with Crippen molar-refractivity contribution < 1.29 is 9.53 Å². The summed E-state index contributed by atoms with van der Waals surface area (Å²) >= 11 is 1.71. The molecule has 0 aliphatic rings. The topological polar surface area (TPSA) is 29.5 Å². The molecule has 0 unspecified atom stereocenters. The molecule has 17 heavy (non-hydrogen) atoms. The molecule has 0 heterocycles. The highest BCUT2D eigenvalue weighted by atomic mass is 32.2. The van der Waals surface area contributed by atoms with Crippen LogP contribution in [0, 0.1) is 0 Å². The largest absolute Gasteiger partial charge is 0.372 e. The van der Waals surface area contributed by atoms with Crippen molar-refractivity contribution in [2.75, 3.05) is 26.5 Å². The number of hydrogen-bond donors (Lipinski definition) is 0. The van der Waals surface area contributed by atoms with Crippen molar-refractivity contribution >= 4 is 17.7 Å². The van der Waals surface area contributed by atoms with Crippen molar-refractivity contribution in [3.8, 4) is 0 Å². The van der Waals surface area contributed by atoms with E-state index >= 15 is 0 Å². The summed E-state index contributed by atoms with van der Waals surface area (Å²) in [6.07, 6.45) is 2.05. The normalized spacial score (nSPS) is 10.3. The average molecular weight is 253 g/mol. The maximum atomic E-state index is 11.6. The van der Waals surface area contributed by atoms with Crippen molar-refractivity contribution in [3.05, 3.63) is 29.8 Å². The zero-order valence-electron chi connectivity index (χ0n) is 10.6. The van der Waals surface area contributed by atoms with Crippen molar-refractivity contribution in [1.82, 2.24) is 4.90 Å². The summed E-state index contributed by atoms with van der Waals surface area (Å²) in [4.78, 5) is 14.5. The molecule has 0 saturated carbocycles. The first-order valence-corrected chi connectivity index (χ1v) is 6.84. The van der Waals surface area contributed by atoms with Gasteiger partial charge in [-0.3, -0.25) is 4.79 Å². The van der Waals surface area contributed by atoms with Crippen LogP contribution < -0.4 is 0 Å². The molecule has 4 heteroatoms. The highest BCUT2D eigenvalue weighted by Gasteiger charge is 2.08. The van der Waals surface area contributed by atoms with Gasteiger partial charge in [0.05, 0.1) is 0 Å².